The van der Waals surface area contributed by atoms with Crippen molar-refractivity contribution in [2.45, 2.75) is 25.3 Å². The van der Waals surface area contributed by atoms with E-state index in [1.807, 2.05) is 6.07 Å². The molecular formula is C17H27N3O3. The van der Waals surface area contributed by atoms with E-state index in [0.717, 1.165) is 56.5 Å². The minimum atomic E-state index is 0.470. The summed E-state index contributed by atoms with van der Waals surface area (Å²) >= 11 is 0. The zero-order valence-electron chi connectivity index (χ0n) is 14.1. The van der Waals surface area contributed by atoms with Crippen LogP contribution in [-0.2, 0) is 4.74 Å². The minimum Gasteiger partial charge on any atom is -0.493 e. The van der Waals surface area contributed by atoms with Crippen LogP contribution in [0.1, 0.15) is 19.3 Å². The molecule has 1 aromatic heterocycles. The monoisotopic (exact) mass is 321 g/mol. The molecule has 2 fully saturated rings. The summed E-state index contributed by atoms with van der Waals surface area (Å²) < 4.78 is 16.9. The van der Waals surface area contributed by atoms with Crippen molar-refractivity contribution in [1.82, 2.24) is 10.3 Å². The Balaban J connectivity index is 1.65. The highest BCUT2D eigenvalue weighted by atomic mass is 16.5. The van der Waals surface area contributed by atoms with Crippen LogP contribution in [0.4, 0.5) is 5.82 Å². The van der Waals surface area contributed by atoms with E-state index in [-0.39, 0.29) is 0 Å². The van der Waals surface area contributed by atoms with Crippen molar-refractivity contribution in [2.75, 3.05) is 52.0 Å². The Labute approximate surface area is 138 Å². The Hall–Kier alpha value is -1.53. The predicted molar refractivity (Wildman–Crippen MR) is 89.5 cm³/mol. The van der Waals surface area contributed by atoms with E-state index in [9.17, 15) is 0 Å². The first-order chi connectivity index (χ1) is 11.3. The molecular weight excluding hydrogens is 294 g/mol. The maximum atomic E-state index is 5.93. The van der Waals surface area contributed by atoms with Gasteiger partial charge in [0, 0.05) is 44.8 Å². The lowest BCUT2D eigenvalue weighted by atomic mass is 10.1. The van der Waals surface area contributed by atoms with Crippen molar-refractivity contribution in [1.29, 1.82) is 0 Å². The summed E-state index contributed by atoms with van der Waals surface area (Å²) in [5.41, 5.74) is 0. The summed E-state index contributed by atoms with van der Waals surface area (Å²) in [4.78, 5) is 6.79. The summed E-state index contributed by atoms with van der Waals surface area (Å²) in [6.07, 6.45) is 5.02. The van der Waals surface area contributed by atoms with Gasteiger partial charge in [-0.05, 0) is 25.8 Å². The van der Waals surface area contributed by atoms with Gasteiger partial charge >= 0.3 is 0 Å². The highest BCUT2D eigenvalue weighted by Crippen LogP contribution is 2.31. The van der Waals surface area contributed by atoms with Crippen LogP contribution in [0.5, 0.6) is 11.5 Å². The first-order valence-corrected chi connectivity index (χ1v) is 8.46. The third kappa shape index (κ3) is 4.06. The maximum Gasteiger partial charge on any atom is 0.179 e. The van der Waals surface area contributed by atoms with Gasteiger partial charge in [-0.3, -0.25) is 0 Å². The summed E-state index contributed by atoms with van der Waals surface area (Å²) in [5.74, 6) is 2.97. The average Bonchev–Trinajstić information content (AvgIpc) is 3.13. The maximum absolute atomic E-state index is 5.93. The molecule has 0 aromatic carbocycles. The van der Waals surface area contributed by atoms with Crippen LogP contribution < -0.4 is 19.7 Å². The molecule has 1 N–H and O–H groups in total. The number of hydrogen-bond acceptors (Lipinski definition) is 6. The zero-order chi connectivity index (χ0) is 16.1. The van der Waals surface area contributed by atoms with Crippen molar-refractivity contribution in [3.8, 4) is 11.5 Å². The molecule has 0 spiro atoms. The van der Waals surface area contributed by atoms with Crippen LogP contribution in [0.25, 0.3) is 0 Å². The summed E-state index contributed by atoms with van der Waals surface area (Å²) in [5, 5.41) is 3.35. The highest BCUT2D eigenvalue weighted by molar-refractivity contribution is 5.50. The smallest absolute Gasteiger partial charge is 0.179 e. The van der Waals surface area contributed by atoms with E-state index in [2.05, 4.69) is 22.2 Å². The normalized spacial score (nSPS) is 22.1. The Kier molecular flexibility index (Phi) is 5.56. The molecule has 0 bridgehead atoms. The molecule has 1 aromatic rings. The van der Waals surface area contributed by atoms with Crippen molar-refractivity contribution in [3.05, 3.63) is 12.3 Å². The minimum absolute atomic E-state index is 0.470. The standard InChI is InChI=1S/C17H27N3O3/c1-20(14-4-7-22-8-5-14)17-9-15(21-2)16(11-19-17)23-12-13-3-6-18-10-13/h9,11,13-14,18H,3-8,10,12H2,1-2H3. The number of ether oxygens (including phenoxy) is 3. The van der Waals surface area contributed by atoms with Crippen LogP contribution >= 0.6 is 0 Å². The predicted octanol–water partition coefficient (Wildman–Crippen LogP) is 1.69. The number of aromatic nitrogens is 1. The number of anilines is 1. The highest BCUT2D eigenvalue weighted by Gasteiger charge is 2.21. The molecule has 3 rings (SSSR count). The fraction of sp³-hybridized carbons (Fsp3) is 0.706. The number of nitrogens with zero attached hydrogens (tertiary/aromatic N) is 2. The number of pyridine rings is 1. The number of rotatable bonds is 6. The Morgan fingerprint density at radius 1 is 1.30 bits per heavy atom. The topological polar surface area (TPSA) is 55.9 Å². The molecule has 128 valence electrons. The van der Waals surface area contributed by atoms with E-state index in [1.165, 1.54) is 6.42 Å². The molecule has 0 saturated carbocycles. The molecule has 3 heterocycles. The van der Waals surface area contributed by atoms with E-state index in [4.69, 9.17) is 14.2 Å². The molecule has 6 heteroatoms. The fourth-order valence-electron chi connectivity index (χ4n) is 3.20. The molecule has 0 radical (unpaired) electrons. The van der Waals surface area contributed by atoms with Gasteiger partial charge in [-0.2, -0.15) is 0 Å². The molecule has 2 saturated heterocycles. The largest absolute Gasteiger partial charge is 0.493 e. The van der Waals surface area contributed by atoms with Crippen molar-refractivity contribution < 1.29 is 14.2 Å². The lowest BCUT2D eigenvalue weighted by Gasteiger charge is -2.32. The van der Waals surface area contributed by atoms with Gasteiger partial charge in [0.1, 0.15) is 5.82 Å². The van der Waals surface area contributed by atoms with Crippen molar-refractivity contribution in [2.24, 2.45) is 5.92 Å². The summed E-state index contributed by atoms with van der Waals surface area (Å²) in [6.45, 7) is 4.46. The fourth-order valence-corrected chi connectivity index (χ4v) is 3.20. The van der Waals surface area contributed by atoms with Crippen LogP contribution in [0, 0.1) is 5.92 Å². The van der Waals surface area contributed by atoms with Crippen molar-refractivity contribution in [3.63, 3.8) is 0 Å². The number of methoxy groups -OCH3 is 1. The molecule has 2 aliphatic heterocycles. The van der Waals surface area contributed by atoms with E-state index < -0.39 is 0 Å². The Bertz CT molecular complexity index is 500. The van der Waals surface area contributed by atoms with E-state index in [0.29, 0.717) is 18.6 Å². The second-order valence-electron chi connectivity index (χ2n) is 6.32. The summed E-state index contributed by atoms with van der Waals surface area (Å²) in [6, 6.07) is 2.44. The van der Waals surface area contributed by atoms with Gasteiger partial charge in [0.05, 0.1) is 19.9 Å². The van der Waals surface area contributed by atoms with Gasteiger partial charge < -0.3 is 24.4 Å². The molecule has 0 aliphatic carbocycles. The number of nitrogens with one attached hydrogen (secondary N) is 1. The van der Waals surface area contributed by atoms with Crippen LogP contribution in [0.3, 0.4) is 0 Å². The Morgan fingerprint density at radius 3 is 2.83 bits per heavy atom. The molecule has 0 amide bonds. The van der Waals surface area contributed by atoms with E-state index in [1.54, 1.807) is 13.3 Å². The zero-order valence-corrected chi connectivity index (χ0v) is 14.1. The van der Waals surface area contributed by atoms with Gasteiger partial charge in [0.15, 0.2) is 11.5 Å². The van der Waals surface area contributed by atoms with Crippen molar-refractivity contribution >= 4 is 5.82 Å². The lowest BCUT2D eigenvalue weighted by molar-refractivity contribution is 0.0853. The first kappa shape index (κ1) is 16.3. The molecule has 1 atom stereocenters. The molecule has 23 heavy (non-hydrogen) atoms. The van der Waals surface area contributed by atoms with Gasteiger partial charge in [-0.15, -0.1) is 0 Å². The SMILES string of the molecule is COc1cc(N(C)C2CCOCC2)ncc1OCC1CCNC1. The second-order valence-corrected chi connectivity index (χ2v) is 6.32. The second kappa shape index (κ2) is 7.84. The lowest BCUT2D eigenvalue weighted by Crippen LogP contribution is -2.37. The van der Waals surface area contributed by atoms with E-state index >= 15 is 0 Å². The quantitative estimate of drug-likeness (QED) is 0.860. The van der Waals surface area contributed by atoms with Crippen LogP contribution in [-0.4, -0.2) is 58.1 Å². The van der Waals surface area contributed by atoms with Crippen LogP contribution in [0.15, 0.2) is 12.3 Å². The number of hydrogen-bond donors (Lipinski definition) is 1. The van der Waals surface area contributed by atoms with Crippen LogP contribution in [0.2, 0.25) is 0 Å². The third-order valence-electron chi connectivity index (χ3n) is 4.77. The van der Waals surface area contributed by atoms with Gasteiger partial charge in [-0.25, -0.2) is 4.98 Å². The molecule has 1 unspecified atom stereocenters. The van der Waals surface area contributed by atoms with Gasteiger partial charge in [0.2, 0.25) is 0 Å². The Morgan fingerprint density at radius 2 is 2.13 bits per heavy atom. The third-order valence-corrected chi connectivity index (χ3v) is 4.77. The molecule has 2 aliphatic rings. The summed E-state index contributed by atoms with van der Waals surface area (Å²) in [7, 11) is 3.76. The average molecular weight is 321 g/mol. The molecule has 6 nitrogen and oxygen atoms in total. The van der Waals surface area contributed by atoms with Gasteiger partial charge in [-0.1, -0.05) is 0 Å². The van der Waals surface area contributed by atoms with Gasteiger partial charge in [0.25, 0.3) is 0 Å². The first-order valence-electron chi connectivity index (χ1n) is 8.46.